The Morgan fingerprint density at radius 3 is 2.38 bits per heavy atom. The molecule has 0 atom stereocenters. The number of halogens is 1. The van der Waals surface area contributed by atoms with E-state index in [0.717, 1.165) is 22.3 Å². The fourth-order valence-corrected chi connectivity index (χ4v) is 3.61. The summed E-state index contributed by atoms with van der Waals surface area (Å²) in [5.41, 5.74) is 7.03. The van der Waals surface area contributed by atoms with Gasteiger partial charge in [0.25, 0.3) is 5.91 Å². The molecule has 0 heterocycles. The van der Waals surface area contributed by atoms with Gasteiger partial charge in [0.2, 0.25) is 0 Å². The molecule has 0 fully saturated rings. The third kappa shape index (κ3) is 6.24. The van der Waals surface area contributed by atoms with Crippen LogP contribution in [0.15, 0.2) is 102 Å². The van der Waals surface area contributed by atoms with Crippen LogP contribution < -0.4 is 10.2 Å². The minimum Gasteiger partial charge on any atom is -0.507 e. The quantitative estimate of drug-likeness (QED) is 0.251. The van der Waals surface area contributed by atoms with Gasteiger partial charge in [0, 0.05) is 10.6 Å². The van der Waals surface area contributed by atoms with E-state index in [1.165, 1.54) is 6.21 Å². The molecule has 170 valence electrons. The summed E-state index contributed by atoms with van der Waals surface area (Å²) in [6.45, 7) is -0.180. The molecule has 5 nitrogen and oxygen atoms in total. The summed E-state index contributed by atoms with van der Waals surface area (Å²) in [7, 11) is 0. The maximum absolute atomic E-state index is 12.1. The van der Waals surface area contributed by atoms with Crippen molar-refractivity contribution in [3.63, 3.8) is 0 Å². The number of phenolic OH excluding ortho intramolecular Hbond substituents is 1. The first-order valence-corrected chi connectivity index (χ1v) is 11.1. The van der Waals surface area contributed by atoms with Gasteiger partial charge in [-0.2, -0.15) is 5.10 Å². The highest BCUT2D eigenvalue weighted by molar-refractivity contribution is 6.31. The maximum Gasteiger partial charge on any atom is 0.277 e. The van der Waals surface area contributed by atoms with Crippen LogP contribution in [0.2, 0.25) is 5.02 Å². The second-order valence-corrected chi connectivity index (χ2v) is 8.04. The molecule has 6 heteroatoms. The number of ether oxygens (including phenoxy) is 1. The Hall–Kier alpha value is -4.09. The molecule has 0 aliphatic rings. The van der Waals surface area contributed by atoms with Crippen LogP contribution in [0.5, 0.6) is 11.5 Å². The molecular weight excluding hydrogens is 448 g/mol. The summed E-state index contributed by atoms with van der Waals surface area (Å²) in [6, 6.07) is 30.4. The first-order valence-electron chi connectivity index (χ1n) is 10.7. The molecule has 0 saturated heterocycles. The Morgan fingerprint density at radius 1 is 0.912 bits per heavy atom. The van der Waals surface area contributed by atoms with E-state index in [0.29, 0.717) is 22.8 Å². The minimum atomic E-state index is -0.407. The fourth-order valence-electron chi connectivity index (χ4n) is 3.41. The van der Waals surface area contributed by atoms with Crippen LogP contribution in [0.25, 0.3) is 11.1 Å². The lowest BCUT2D eigenvalue weighted by Crippen LogP contribution is -2.24. The highest BCUT2D eigenvalue weighted by atomic mass is 35.5. The Balaban J connectivity index is 1.30. The Morgan fingerprint density at radius 2 is 1.62 bits per heavy atom. The van der Waals surface area contributed by atoms with E-state index in [4.69, 9.17) is 16.3 Å². The number of carbonyl (C=O) groups excluding carboxylic acids is 1. The van der Waals surface area contributed by atoms with Crippen LogP contribution in [-0.2, 0) is 11.2 Å². The van der Waals surface area contributed by atoms with Crippen LogP contribution >= 0.6 is 11.6 Å². The first-order chi connectivity index (χ1) is 16.6. The number of nitrogens with one attached hydrogen (secondary N) is 1. The Bertz CT molecular complexity index is 1290. The zero-order valence-corrected chi connectivity index (χ0v) is 19.1. The highest BCUT2D eigenvalue weighted by Gasteiger charge is 2.06. The predicted octanol–water partition coefficient (Wildman–Crippen LogP) is 5.83. The smallest absolute Gasteiger partial charge is 0.277 e. The summed E-state index contributed by atoms with van der Waals surface area (Å²) in [5.74, 6) is 0.245. The zero-order chi connectivity index (χ0) is 23.8. The molecule has 0 aliphatic heterocycles. The molecule has 0 bridgehead atoms. The number of hydrazone groups is 1. The standard InChI is InChI=1S/C28H23ClN2O3/c29-26-9-5-4-8-23(26)16-20-10-15-27(32)24(17-20)18-30-31-28(33)19-34-25-13-11-22(12-14-25)21-6-2-1-3-7-21/h1-15,17-18,32H,16,19H2,(H,31,33)/b30-18-. The van der Waals surface area contributed by atoms with Gasteiger partial charge in [-0.05, 0) is 59.0 Å². The van der Waals surface area contributed by atoms with Crippen molar-refractivity contribution in [3.8, 4) is 22.6 Å². The Labute approximate surface area is 203 Å². The van der Waals surface area contributed by atoms with Gasteiger partial charge in [-0.25, -0.2) is 5.43 Å². The molecule has 34 heavy (non-hydrogen) atoms. The van der Waals surface area contributed by atoms with E-state index in [1.54, 1.807) is 12.1 Å². The lowest BCUT2D eigenvalue weighted by molar-refractivity contribution is -0.123. The molecule has 0 radical (unpaired) electrons. The van der Waals surface area contributed by atoms with Crippen LogP contribution in [0, 0.1) is 0 Å². The monoisotopic (exact) mass is 470 g/mol. The van der Waals surface area contributed by atoms with Crippen molar-refractivity contribution >= 4 is 23.7 Å². The van der Waals surface area contributed by atoms with Crippen molar-refractivity contribution in [1.82, 2.24) is 5.43 Å². The SMILES string of the molecule is O=C(COc1ccc(-c2ccccc2)cc1)N/N=C\c1cc(Cc2ccccc2Cl)ccc1O. The van der Waals surface area contributed by atoms with Gasteiger partial charge >= 0.3 is 0 Å². The average molecular weight is 471 g/mol. The molecule has 4 aromatic carbocycles. The van der Waals surface area contributed by atoms with E-state index in [-0.39, 0.29) is 12.4 Å². The fraction of sp³-hybridized carbons (Fsp3) is 0.0714. The van der Waals surface area contributed by atoms with E-state index in [9.17, 15) is 9.90 Å². The zero-order valence-electron chi connectivity index (χ0n) is 18.3. The molecule has 0 saturated carbocycles. The molecule has 0 spiro atoms. The van der Waals surface area contributed by atoms with Gasteiger partial charge < -0.3 is 9.84 Å². The lowest BCUT2D eigenvalue weighted by atomic mass is 10.0. The van der Waals surface area contributed by atoms with E-state index >= 15 is 0 Å². The van der Waals surface area contributed by atoms with Gasteiger partial charge in [0.15, 0.2) is 6.61 Å². The second kappa shape index (κ2) is 11.2. The maximum atomic E-state index is 12.1. The number of carbonyl (C=O) groups is 1. The van der Waals surface area contributed by atoms with Gasteiger partial charge in [0.05, 0.1) is 6.21 Å². The van der Waals surface area contributed by atoms with E-state index < -0.39 is 5.91 Å². The third-order valence-electron chi connectivity index (χ3n) is 5.17. The van der Waals surface area contributed by atoms with Crippen molar-refractivity contribution in [3.05, 3.63) is 119 Å². The number of phenols is 1. The number of hydrogen-bond acceptors (Lipinski definition) is 4. The minimum absolute atomic E-state index is 0.0654. The molecule has 4 aromatic rings. The summed E-state index contributed by atoms with van der Waals surface area (Å²) >= 11 is 6.24. The Kier molecular flexibility index (Phi) is 7.58. The van der Waals surface area contributed by atoms with Crippen molar-refractivity contribution in [1.29, 1.82) is 0 Å². The van der Waals surface area contributed by atoms with Crippen LogP contribution in [0.1, 0.15) is 16.7 Å². The predicted molar refractivity (Wildman–Crippen MR) is 135 cm³/mol. The number of aromatic hydroxyl groups is 1. The highest BCUT2D eigenvalue weighted by Crippen LogP contribution is 2.23. The van der Waals surface area contributed by atoms with Gasteiger partial charge in [-0.3, -0.25) is 4.79 Å². The molecule has 0 aromatic heterocycles. The lowest BCUT2D eigenvalue weighted by Gasteiger charge is -2.07. The number of benzene rings is 4. The van der Waals surface area contributed by atoms with Crippen molar-refractivity contribution in [2.45, 2.75) is 6.42 Å². The molecule has 2 N–H and O–H groups in total. The topological polar surface area (TPSA) is 70.9 Å². The first kappa shape index (κ1) is 23.1. The van der Waals surface area contributed by atoms with E-state index in [1.807, 2.05) is 84.9 Å². The van der Waals surface area contributed by atoms with Crippen LogP contribution in [0.4, 0.5) is 0 Å². The molecular formula is C28H23ClN2O3. The number of rotatable bonds is 8. The third-order valence-corrected chi connectivity index (χ3v) is 5.54. The summed E-state index contributed by atoms with van der Waals surface area (Å²) < 4.78 is 5.53. The van der Waals surface area contributed by atoms with Crippen molar-refractivity contribution in [2.24, 2.45) is 5.10 Å². The van der Waals surface area contributed by atoms with E-state index in [2.05, 4.69) is 10.5 Å². The molecule has 1 amide bonds. The van der Waals surface area contributed by atoms with Crippen LogP contribution in [-0.4, -0.2) is 23.8 Å². The number of amides is 1. The van der Waals surface area contributed by atoms with Crippen molar-refractivity contribution in [2.75, 3.05) is 6.61 Å². The van der Waals surface area contributed by atoms with Crippen molar-refractivity contribution < 1.29 is 14.6 Å². The van der Waals surface area contributed by atoms with Gasteiger partial charge in [-0.15, -0.1) is 0 Å². The molecule has 4 rings (SSSR count). The van der Waals surface area contributed by atoms with Gasteiger partial charge in [0.1, 0.15) is 11.5 Å². The van der Waals surface area contributed by atoms with Crippen LogP contribution in [0.3, 0.4) is 0 Å². The largest absolute Gasteiger partial charge is 0.507 e. The summed E-state index contributed by atoms with van der Waals surface area (Å²) in [6.07, 6.45) is 2.02. The average Bonchev–Trinajstić information content (AvgIpc) is 2.87. The summed E-state index contributed by atoms with van der Waals surface area (Å²) in [4.78, 5) is 12.1. The normalized spacial score (nSPS) is 10.9. The molecule has 0 aliphatic carbocycles. The van der Waals surface area contributed by atoms with Gasteiger partial charge in [-0.1, -0.05) is 78.3 Å². The molecule has 0 unspecified atom stereocenters. The second-order valence-electron chi connectivity index (χ2n) is 7.63. The number of hydrogen-bond donors (Lipinski definition) is 2. The number of nitrogens with zero attached hydrogens (tertiary/aromatic N) is 1. The summed E-state index contributed by atoms with van der Waals surface area (Å²) in [5, 5.41) is 14.8.